The molecule has 1 aromatic carbocycles. The van der Waals surface area contributed by atoms with Gasteiger partial charge in [-0.15, -0.1) is 0 Å². The largest absolute Gasteiger partial charge is 0.490 e. The van der Waals surface area contributed by atoms with E-state index >= 15 is 0 Å². The van der Waals surface area contributed by atoms with Crippen LogP contribution in [0.5, 0.6) is 5.75 Å². The maximum absolute atomic E-state index is 6.26. The third-order valence-corrected chi connectivity index (χ3v) is 5.21. The Bertz CT molecular complexity index is 486. The first-order valence-electron chi connectivity index (χ1n) is 7.94. The molecule has 0 saturated heterocycles. The number of rotatable bonds is 4. The highest BCUT2D eigenvalue weighted by atomic mass is 79.9. The third-order valence-electron chi connectivity index (χ3n) is 4.52. The normalized spacial score (nSPS) is 26.4. The summed E-state index contributed by atoms with van der Waals surface area (Å²) in [4.78, 5) is 0. The molecule has 3 heteroatoms. The molecule has 2 nitrogen and oxygen atoms in total. The summed E-state index contributed by atoms with van der Waals surface area (Å²) in [5.74, 6) is 1.72. The number of halogens is 1. The lowest BCUT2D eigenvalue weighted by atomic mass is 9.71. The van der Waals surface area contributed by atoms with Crippen molar-refractivity contribution in [3.8, 4) is 5.75 Å². The Hall–Kier alpha value is -0.540. The van der Waals surface area contributed by atoms with Crippen LogP contribution in [0.25, 0.3) is 0 Å². The minimum Gasteiger partial charge on any atom is -0.490 e. The number of benzene rings is 1. The van der Waals surface area contributed by atoms with Gasteiger partial charge in [0.05, 0.1) is 6.10 Å². The van der Waals surface area contributed by atoms with Gasteiger partial charge >= 0.3 is 0 Å². The van der Waals surface area contributed by atoms with Crippen LogP contribution in [0.1, 0.15) is 58.6 Å². The van der Waals surface area contributed by atoms with Gasteiger partial charge in [-0.05, 0) is 62.3 Å². The lowest BCUT2D eigenvalue weighted by Gasteiger charge is -2.38. The summed E-state index contributed by atoms with van der Waals surface area (Å²) in [5, 5.41) is 3.27. The van der Waals surface area contributed by atoms with Gasteiger partial charge in [-0.25, -0.2) is 0 Å². The fraction of sp³-hybridized carbons (Fsp3) is 0.667. The molecule has 118 valence electrons. The molecule has 1 N–H and O–H groups in total. The fourth-order valence-corrected chi connectivity index (χ4v) is 4.33. The molecule has 0 amide bonds. The maximum atomic E-state index is 6.26. The maximum Gasteiger partial charge on any atom is 0.120 e. The highest BCUT2D eigenvalue weighted by Crippen LogP contribution is 2.40. The first kappa shape index (κ1) is 16.8. The Kier molecular flexibility index (Phi) is 5.37. The quantitative estimate of drug-likeness (QED) is 0.790. The Labute approximate surface area is 137 Å². The summed E-state index contributed by atoms with van der Waals surface area (Å²) < 4.78 is 7.38. The van der Waals surface area contributed by atoms with Gasteiger partial charge in [0.2, 0.25) is 0 Å². The molecule has 1 aliphatic rings. The molecule has 0 aliphatic heterocycles. The molecule has 0 radical (unpaired) electrons. The van der Waals surface area contributed by atoms with Crippen LogP contribution in [0, 0.1) is 11.3 Å². The van der Waals surface area contributed by atoms with Crippen LogP contribution in [0.3, 0.4) is 0 Å². The van der Waals surface area contributed by atoms with E-state index < -0.39 is 0 Å². The molecule has 1 fully saturated rings. The zero-order valence-corrected chi connectivity index (χ0v) is 15.5. The first-order chi connectivity index (χ1) is 9.80. The Balaban J connectivity index is 2.08. The first-order valence-corrected chi connectivity index (χ1v) is 8.73. The van der Waals surface area contributed by atoms with Crippen molar-refractivity contribution in [3.05, 3.63) is 28.2 Å². The lowest BCUT2D eigenvalue weighted by Crippen LogP contribution is -2.34. The molecule has 0 aromatic heterocycles. The molecule has 0 spiro atoms. The van der Waals surface area contributed by atoms with Gasteiger partial charge in [0.25, 0.3) is 0 Å². The number of hydrogen-bond acceptors (Lipinski definition) is 2. The second-order valence-corrected chi connectivity index (χ2v) is 8.20. The molecule has 3 unspecified atom stereocenters. The third kappa shape index (κ3) is 4.46. The smallest absolute Gasteiger partial charge is 0.120 e. The van der Waals surface area contributed by atoms with E-state index in [0.29, 0.717) is 17.6 Å². The van der Waals surface area contributed by atoms with Crippen molar-refractivity contribution >= 4 is 15.9 Å². The average molecular weight is 354 g/mol. The lowest BCUT2D eigenvalue weighted by molar-refractivity contribution is 0.0562. The van der Waals surface area contributed by atoms with Crippen molar-refractivity contribution in [1.29, 1.82) is 0 Å². The minimum atomic E-state index is 0.335. The summed E-state index contributed by atoms with van der Waals surface area (Å²) in [5.41, 5.74) is 1.65. The van der Waals surface area contributed by atoms with Gasteiger partial charge in [0.1, 0.15) is 5.75 Å². The predicted octanol–water partition coefficient (Wildman–Crippen LogP) is 5.32. The second-order valence-electron chi connectivity index (χ2n) is 7.35. The van der Waals surface area contributed by atoms with Gasteiger partial charge in [-0.1, -0.05) is 42.8 Å². The monoisotopic (exact) mass is 353 g/mol. The van der Waals surface area contributed by atoms with Crippen LogP contribution in [0.4, 0.5) is 0 Å². The fourth-order valence-electron chi connectivity index (χ4n) is 3.63. The predicted molar refractivity (Wildman–Crippen MR) is 92.8 cm³/mol. The standard InChI is InChI=1S/C18H28BrNO/c1-12-8-15(11-18(3,4)10-12)21-14-6-7-16(13(2)20-5)17(19)9-14/h6-7,9,12-13,15,20H,8,10-11H2,1-5H3. The summed E-state index contributed by atoms with van der Waals surface area (Å²) in [6.07, 6.45) is 3.94. The molecule has 1 aromatic rings. The minimum absolute atomic E-state index is 0.335. The number of nitrogens with one attached hydrogen (secondary N) is 1. The summed E-state index contributed by atoms with van der Waals surface area (Å²) in [7, 11) is 1.98. The van der Waals surface area contributed by atoms with Crippen LogP contribution in [0.2, 0.25) is 0 Å². The van der Waals surface area contributed by atoms with Crippen LogP contribution in [0.15, 0.2) is 22.7 Å². The molecule has 0 bridgehead atoms. The molecule has 3 atom stereocenters. The molecule has 1 aliphatic carbocycles. The highest BCUT2D eigenvalue weighted by Gasteiger charge is 2.33. The zero-order valence-electron chi connectivity index (χ0n) is 13.9. The Morgan fingerprint density at radius 3 is 2.62 bits per heavy atom. The molecule has 2 rings (SSSR count). The molecular formula is C18H28BrNO. The van der Waals surface area contributed by atoms with Gasteiger partial charge in [0, 0.05) is 10.5 Å². The van der Waals surface area contributed by atoms with E-state index in [4.69, 9.17) is 4.74 Å². The van der Waals surface area contributed by atoms with Crippen LogP contribution in [-0.2, 0) is 0 Å². The summed E-state index contributed by atoms with van der Waals surface area (Å²) in [6.45, 7) is 9.20. The zero-order chi connectivity index (χ0) is 15.6. The van der Waals surface area contributed by atoms with E-state index in [0.717, 1.165) is 29.0 Å². The molecule has 0 heterocycles. The van der Waals surface area contributed by atoms with Crippen molar-refractivity contribution in [2.45, 2.75) is 59.1 Å². The summed E-state index contributed by atoms with van der Waals surface area (Å²) >= 11 is 3.67. The second kappa shape index (κ2) is 6.70. The summed E-state index contributed by atoms with van der Waals surface area (Å²) in [6, 6.07) is 6.69. The van der Waals surface area contributed by atoms with Crippen molar-refractivity contribution in [3.63, 3.8) is 0 Å². The Morgan fingerprint density at radius 1 is 1.33 bits per heavy atom. The van der Waals surface area contributed by atoms with Crippen molar-refractivity contribution in [2.75, 3.05) is 7.05 Å². The van der Waals surface area contributed by atoms with Crippen LogP contribution < -0.4 is 10.1 Å². The highest BCUT2D eigenvalue weighted by molar-refractivity contribution is 9.10. The van der Waals surface area contributed by atoms with E-state index in [1.165, 1.54) is 12.0 Å². The van der Waals surface area contributed by atoms with E-state index in [-0.39, 0.29) is 0 Å². The van der Waals surface area contributed by atoms with Crippen LogP contribution in [-0.4, -0.2) is 13.2 Å². The number of hydrogen-bond donors (Lipinski definition) is 1. The Morgan fingerprint density at radius 2 is 2.05 bits per heavy atom. The van der Waals surface area contributed by atoms with E-state index in [1.54, 1.807) is 0 Å². The van der Waals surface area contributed by atoms with Crippen LogP contribution >= 0.6 is 15.9 Å². The van der Waals surface area contributed by atoms with Gasteiger partial charge in [0.15, 0.2) is 0 Å². The van der Waals surface area contributed by atoms with Crippen molar-refractivity contribution in [2.24, 2.45) is 11.3 Å². The topological polar surface area (TPSA) is 21.3 Å². The van der Waals surface area contributed by atoms with Gasteiger partial charge < -0.3 is 10.1 Å². The SMILES string of the molecule is CNC(C)c1ccc(OC2CC(C)CC(C)(C)C2)cc1Br. The average Bonchev–Trinajstić information content (AvgIpc) is 2.35. The van der Waals surface area contributed by atoms with Crippen molar-refractivity contribution in [1.82, 2.24) is 5.32 Å². The molecular weight excluding hydrogens is 326 g/mol. The van der Waals surface area contributed by atoms with E-state index in [2.05, 4.69) is 67.1 Å². The van der Waals surface area contributed by atoms with E-state index in [9.17, 15) is 0 Å². The van der Waals surface area contributed by atoms with Gasteiger partial charge in [-0.3, -0.25) is 0 Å². The number of ether oxygens (including phenoxy) is 1. The van der Waals surface area contributed by atoms with Crippen molar-refractivity contribution < 1.29 is 4.74 Å². The van der Waals surface area contributed by atoms with Gasteiger partial charge in [-0.2, -0.15) is 0 Å². The molecule has 21 heavy (non-hydrogen) atoms. The van der Waals surface area contributed by atoms with E-state index in [1.807, 2.05) is 7.05 Å². The molecule has 1 saturated carbocycles.